The number of benzene rings is 1. The van der Waals surface area contributed by atoms with Crippen LogP contribution in [-0.2, 0) is 6.42 Å². The van der Waals surface area contributed by atoms with Crippen LogP contribution in [-0.4, -0.2) is 12.0 Å². The zero-order valence-electron chi connectivity index (χ0n) is 7.79. The number of hydrogen-bond acceptors (Lipinski definition) is 2. The summed E-state index contributed by atoms with van der Waals surface area (Å²) in [6, 6.07) is 8.61. The first-order valence-corrected chi connectivity index (χ1v) is 5.78. The Morgan fingerprint density at radius 1 is 1.23 bits per heavy atom. The molecule has 1 aliphatic rings. The number of hydrogen-bond donors (Lipinski definition) is 0. The van der Waals surface area contributed by atoms with Gasteiger partial charge in [-0.25, -0.2) is 4.40 Å². The Kier molecular flexibility index (Phi) is 2.69. The summed E-state index contributed by atoms with van der Waals surface area (Å²) < 4.78 is 4.46. The van der Waals surface area contributed by atoms with Crippen LogP contribution in [0.15, 0.2) is 28.7 Å². The normalized spacial score (nSPS) is 18.7. The van der Waals surface area contributed by atoms with Crippen molar-refractivity contribution >= 4 is 17.7 Å². The molecular weight excluding hydrogens is 178 g/mol. The van der Waals surface area contributed by atoms with Gasteiger partial charge in [0.15, 0.2) is 0 Å². The molecule has 0 fully saturated rings. The lowest BCUT2D eigenvalue weighted by molar-refractivity contribution is 0.841. The summed E-state index contributed by atoms with van der Waals surface area (Å²) in [5.41, 5.74) is 4.10. The highest BCUT2D eigenvalue weighted by Crippen LogP contribution is 2.22. The maximum atomic E-state index is 4.46. The standard InChI is InChI=1S/C11H13NS/c1-13-12-11-8-4-6-9-5-2-3-7-10(9)11/h2-3,5,7H,4,6,8H2,1H3/b12-11+. The van der Waals surface area contributed by atoms with Gasteiger partial charge >= 0.3 is 0 Å². The fraction of sp³-hybridized carbons (Fsp3) is 0.364. The second-order valence-corrected chi connectivity index (χ2v) is 3.78. The van der Waals surface area contributed by atoms with Crippen LogP contribution in [0.3, 0.4) is 0 Å². The highest BCUT2D eigenvalue weighted by molar-refractivity contribution is 7.97. The topological polar surface area (TPSA) is 12.4 Å². The zero-order valence-corrected chi connectivity index (χ0v) is 8.60. The minimum absolute atomic E-state index is 1.14. The first kappa shape index (κ1) is 8.82. The van der Waals surface area contributed by atoms with E-state index in [0.717, 1.165) is 6.42 Å². The largest absolute Gasteiger partial charge is 0.221 e. The van der Waals surface area contributed by atoms with Crippen LogP contribution < -0.4 is 0 Å². The molecule has 0 amide bonds. The Bertz CT molecular complexity index is 331. The molecule has 0 saturated carbocycles. The first-order chi connectivity index (χ1) is 6.42. The molecule has 68 valence electrons. The molecule has 1 aromatic rings. The molecule has 0 saturated heterocycles. The lowest BCUT2D eigenvalue weighted by Gasteiger charge is -2.16. The first-order valence-electron chi connectivity index (χ1n) is 4.60. The van der Waals surface area contributed by atoms with Crippen molar-refractivity contribution in [1.82, 2.24) is 0 Å². The van der Waals surface area contributed by atoms with E-state index in [1.165, 1.54) is 29.7 Å². The quantitative estimate of drug-likeness (QED) is 0.621. The molecule has 0 unspecified atom stereocenters. The third-order valence-corrected chi connectivity index (χ3v) is 2.79. The number of rotatable bonds is 1. The van der Waals surface area contributed by atoms with E-state index in [4.69, 9.17) is 0 Å². The summed E-state index contributed by atoms with van der Waals surface area (Å²) >= 11 is 1.56. The Hall–Kier alpha value is -0.760. The molecular formula is C11H13NS. The van der Waals surface area contributed by atoms with E-state index in [1.54, 1.807) is 11.9 Å². The Labute approximate surface area is 83.4 Å². The zero-order chi connectivity index (χ0) is 9.10. The molecule has 2 rings (SSSR count). The van der Waals surface area contributed by atoms with E-state index < -0.39 is 0 Å². The van der Waals surface area contributed by atoms with Crippen LogP contribution in [0.4, 0.5) is 0 Å². The molecule has 0 aromatic heterocycles. The van der Waals surface area contributed by atoms with Gasteiger partial charge < -0.3 is 0 Å². The number of aryl methyl sites for hydroxylation is 1. The van der Waals surface area contributed by atoms with Crippen molar-refractivity contribution < 1.29 is 0 Å². The van der Waals surface area contributed by atoms with E-state index in [2.05, 4.69) is 28.7 Å². The van der Waals surface area contributed by atoms with Crippen LogP contribution in [0, 0.1) is 0 Å². The Morgan fingerprint density at radius 3 is 2.92 bits per heavy atom. The van der Waals surface area contributed by atoms with Gasteiger partial charge in [0.2, 0.25) is 0 Å². The molecule has 2 heteroatoms. The van der Waals surface area contributed by atoms with E-state index >= 15 is 0 Å². The minimum atomic E-state index is 1.14. The maximum absolute atomic E-state index is 4.46. The van der Waals surface area contributed by atoms with E-state index in [9.17, 15) is 0 Å². The van der Waals surface area contributed by atoms with E-state index in [-0.39, 0.29) is 0 Å². The SMILES string of the molecule is CS/N=C1\CCCc2ccccc21. The maximum Gasteiger partial charge on any atom is 0.0561 e. The minimum Gasteiger partial charge on any atom is -0.221 e. The van der Waals surface area contributed by atoms with Gasteiger partial charge in [0.25, 0.3) is 0 Å². The lowest BCUT2D eigenvalue weighted by Crippen LogP contribution is -2.10. The predicted molar refractivity (Wildman–Crippen MR) is 59.4 cm³/mol. The summed E-state index contributed by atoms with van der Waals surface area (Å²) in [6.45, 7) is 0. The van der Waals surface area contributed by atoms with Crippen LogP contribution in [0.5, 0.6) is 0 Å². The summed E-state index contributed by atoms with van der Waals surface area (Å²) in [7, 11) is 0. The molecule has 0 aliphatic heterocycles. The van der Waals surface area contributed by atoms with Gasteiger partial charge in [-0.1, -0.05) is 24.3 Å². The number of nitrogens with zero attached hydrogens (tertiary/aromatic N) is 1. The second kappa shape index (κ2) is 3.97. The second-order valence-electron chi connectivity index (χ2n) is 3.23. The Balaban J connectivity index is 2.42. The van der Waals surface area contributed by atoms with Gasteiger partial charge in [0.1, 0.15) is 0 Å². The molecule has 1 aromatic carbocycles. The Morgan fingerprint density at radius 2 is 2.08 bits per heavy atom. The fourth-order valence-corrected chi connectivity index (χ4v) is 2.22. The highest BCUT2D eigenvalue weighted by Gasteiger charge is 2.13. The smallest absolute Gasteiger partial charge is 0.0561 e. The summed E-state index contributed by atoms with van der Waals surface area (Å²) in [5.74, 6) is 0. The molecule has 0 spiro atoms. The van der Waals surface area contributed by atoms with Gasteiger partial charge in [0.05, 0.1) is 5.71 Å². The van der Waals surface area contributed by atoms with Gasteiger partial charge in [-0.15, -0.1) is 0 Å². The van der Waals surface area contributed by atoms with Crippen LogP contribution in [0.2, 0.25) is 0 Å². The number of fused-ring (bicyclic) bond motifs is 1. The van der Waals surface area contributed by atoms with Crippen LogP contribution in [0.25, 0.3) is 0 Å². The van der Waals surface area contributed by atoms with Crippen molar-refractivity contribution in [1.29, 1.82) is 0 Å². The highest BCUT2D eigenvalue weighted by atomic mass is 32.2. The predicted octanol–water partition coefficient (Wildman–Crippen LogP) is 3.09. The van der Waals surface area contributed by atoms with Crippen molar-refractivity contribution in [3.8, 4) is 0 Å². The molecule has 0 atom stereocenters. The molecule has 13 heavy (non-hydrogen) atoms. The third kappa shape index (κ3) is 1.78. The molecule has 0 heterocycles. The summed E-state index contributed by atoms with van der Waals surface area (Å²) in [5, 5.41) is 0. The monoisotopic (exact) mass is 191 g/mol. The van der Waals surface area contributed by atoms with Crippen molar-refractivity contribution in [3.05, 3.63) is 35.4 Å². The third-order valence-electron chi connectivity index (χ3n) is 2.39. The van der Waals surface area contributed by atoms with Crippen molar-refractivity contribution in [2.75, 3.05) is 6.26 Å². The van der Waals surface area contributed by atoms with Gasteiger partial charge in [0, 0.05) is 6.26 Å². The molecule has 1 aliphatic carbocycles. The lowest BCUT2D eigenvalue weighted by atomic mass is 9.90. The molecule has 0 radical (unpaired) electrons. The fourth-order valence-electron chi connectivity index (χ4n) is 1.81. The molecule has 0 N–H and O–H groups in total. The average molecular weight is 191 g/mol. The molecule has 0 bridgehead atoms. The van der Waals surface area contributed by atoms with Crippen molar-refractivity contribution in [3.63, 3.8) is 0 Å². The van der Waals surface area contributed by atoms with Crippen LogP contribution >= 0.6 is 11.9 Å². The van der Waals surface area contributed by atoms with Gasteiger partial charge in [-0.05, 0) is 42.3 Å². The van der Waals surface area contributed by atoms with E-state index in [1.807, 2.05) is 6.26 Å². The van der Waals surface area contributed by atoms with E-state index in [0.29, 0.717) is 0 Å². The van der Waals surface area contributed by atoms with Crippen molar-refractivity contribution in [2.24, 2.45) is 4.40 Å². The van der Waals surface area contributed by atoms with Crippen molar-refractivity contribution in [2.45, 2.75) is 19.3 Å². The van der Waals surface area contributed by atoms with Gasteiger partial charge in [-0.3, -0.25) is 0 Å². The van der Waals surface area contributed by atoms with Crippen LogP contribution in [0.1, 0.15) is 24.0 Å². The molecule has 1 nitrogen and oxygen atoms in total. The summed E-state index contributed by atoms with van der Waals surface area (Å²) in [6.07, 6.45) is 5.61. The summed E-state index contributed by atoms with van der Waals surface area (Å²) in [4.78, 5) is 0. The van der Waals surface area contributed by atoms with Gasteiger partial charge in [-0.2, -0.15) is 0 Å². The average Bonchev–Trinajstić information content (AvgIpc) is 2.19.